The minimum absolute atomic E-state index is 0.0356. The van der Waals surface area contributed by atoms with Crippen LogP contribution in [0.3, 0.4) is 0 Å². The first-order valence-corrected chi connectivity index (χ1v) is 9.51. The Hall–Kier alpha value is -1.01. The summed E-state index contributed by atoms with van der Waals surface area (Å²) < 4.78 is 23.2. The Labute approximate surface area is 124 Å². The topological polar surface area (TPSA) is 54.5 Å². The summed E-state index contributed by atoms with van der Waals surface area (Å²) in [4.78, 5) is 13.5. The van der Waals surface area contributed by atoms with Crippen LogP contribution in [0.5, 0.6) is 0 Å². The molecule has 1 heterocycles. The van der Waals surface area contributed by atoms with Gasteiger partial charge in [-0.15, -0.1) is 11.8 Å². The summed E-state index contributed by atoms with van der Waals surface area (Å²) in [7, 11) is -2.99. The second-order valence-corrected chi connectivity index (χ2v) is 8.41. The number of rotatable bonds is 6. The number of carbonyl (C=O) groups excluding carboxylic acids is 1. The van der Waals surface area contributed by atoms with Crippen LogP contribution >= 0.6 is 11.8 Å². The SMILES string of the molecule is CCS(=O)(=O)C1CN(C(=O)CSCc2ccccc2)C1. The second kappa shape index (κ2) is 6.63. The largest absolute Gasteiger partial charge is 0.339 e. The Morgan fingerprint density at radius 3 is 2.55 bits per heavy atom. The van der Waals surface area contributed by atoms with Crippen molar-refractivity contribution in [1.29, 1.82) is 0 Å². The molecule has 1 aromatic rings. The highest BCUT2D eigenvalue weighted by Gasteiger charge is 2.38. The van der Waals surface area contributed by atoms with Gasteiger partial charge < -0.3 is 4.90 Å². The van der Waals surface area contributed by atoms with E-state index in [-0.39, 0.29) is 16.9 Å². The number of amides is 1. The van der Waals surface area contributed by atoms with E-state index < -0.39 is 9.84 Å². The van der Waals surface area contributed by atoms with E-state index in [1.807, 2.05) is 30.3 Å². The first-order valence-electron chi connectivity index (χ1n) is 6.64. The lowest BCUT2D eigenvalue weighted by atomic mass is 10.2. The van der Waals surface area contributed by atoms with Gasteiger partial charge in [0.15, 0.2) is 9.84 Å². The van der Waals surface area contributed by atoms with Crippen LogP contribution in [-0.4, -0.2) is 49.1 Å². The van der Waals surface area contributed by atoms with Gasteiger partial charge in [0, 0.05) is 24.6 Å². The number of nitrogens with zero attached hydrogens (tertiary/aromatic N) is 1. The van der Waals surface area contributed by atoms with Gasteiger partial charge >= 0.3 is 0 Å². The number of hydrogen-bond acceptors (Lipinski definition) is 4. The summed E-state index contributed by atoms with van der Waals surface area (Å²) in [6.07, 6.45) is 0. The van der Waals surface area contributed by atoms with Gasteiger partial charge in [0.1, 0.15) is 0 Å². The molecule has 110 valence electrons. The third kappa shape index (κ3) is 3.76. The quantitative estimate of drug-likeness (QED) is 0.800. The number of hydrogen-bond donors (Lipinski definition) is 0. The predicted octanol–water partition coefficient (Wildman–Crippen LogP) is 1.57. The molecule has 1 aliphatic rings. The fraction of sp³-hybridized carbons (Fsp3) is 0.500. The molecule has 0 radical (unpaired) electrons. The highest BCUT2D eigenvalue weighted by molar-refractivity contribution is 7.99. The zero-order chi connectivity index (χ0) is 14.6. The van der Waals surface area contributed by atoms with Crippen molar-refractivity contribution in [3.8, 4) is 0 Å². The highest BCUT2D eigenvalue weighted by Crippen LogP contribution is 2.19. The zero-order valence-corrected chi connectivity index (χ0v) is 13.1. The van der Waals surface area contributed by atoms with Gasteiger partial charge in [0.2, 0.25) is 5.91 Å². The number of likely N-dealkylation sites (tertiary alicyclic amines) is 1. The van der Waals surface area contributed by atoms with Crippen LogP contribution in [0.2, 0.25) is 0 Å². The van der Waals surface area contributed by atoms with Crippen molar-refractivity contribution in [1.82, 2.24) is 4.90 Å². The lowest BCUT2D eigenvalue weighted by Crippen LogP contribution is -2.57. The molecule has 0 aliphatic carbocycles. The Morgan fingerprint density at radius 2 is 1.95 bits per heavy atom. The molecule has 0 spiro atoms. The van der Waals surface area contributed by atoms with Crippen LogP contribution in [-0.2, 0) is 20.4 Å². The lowest BCUT2D eigenvalue weighted by Gasteiger charge is -2.38. The van der Waals surface area contributed by atoms with E-state index >= 15 is 0 Å². The van der Waals surface area contributed by atoms with E-state index in [0.717, 1.165) is 5.75 Å². The molecule has 1 amide bonds. The number of benzene rings is 1. The molecule has 6 heteroatoms. The average Bonchev–Trinajstić information content (AvgIpc) is 2.38. The van der Waals surface area contributed by atoms with Gasteiger partial charge in [-0.2, -0.15) is 0 Å². The van der Waals surface area contributed by atoms with Crippen molar-refractivity contribution in [2.24, 2.45) is 0 Å². The summed E-state index contributed by atoms with van der Waals surface area (Å²) in [5, 5.41) is -0.351. The van der Waals surface area contributed by atoms with Gasteiger partial charge in [-0.3, -0.25) is 4.79 Å². The Balaban J connectivity index is 1.70. The third-order valence-electron chi connectivity index (χ3n) is 3.45. The van der Waals surface area contributed by atoms with E-state index in [1.165, 1.54) is 5.56 Å². The number of carbonyl (C=O) groups is 1. The Morgan fingerprint density at radius 1 is 1.30 bits per heavy atom. The molecule has 1 saturated heterocycles. The van der Waals surface area contributed by atoms with Crippen molar-refractivity contribution >= 4 is 27.5 Å². The molecule has 1 aliphatic heterocycles. The summed E-state index contributed by atoms with van der Waals surface area (Å²) in [6, 6.07) is 9.99. The van der Waals surface area contributed by atoms with Gasteiger partial charge in [0.25, 0.3) is 0 Å². The molecule has 1 aromatic carbocycles. The molecule has 20 heavy (non-hydrogen) atoms. The molecular formula is C14H19NO3S2. The van der Waals surface area contributed by atoms with E-state index in [4.69, 9.17) is 0 Å². The lowest BCUT2D eigenvalue weighted by molar-refractivity contribution is -0.131. The molecular weight excluding hydrogens is 294 g/mol. The molecule has 0 unspecified atom stereocenters. The summed E-state index contributed by atoms with van der Waals surface area (Å²) >= 11 is 1.57. The maximum atomic E-state index is 11.9. The van der Waals surface area contributed by atoms with Gasteiger partial charge in [-0.1, -0.05) is 37.3 Å². The average molecular weight is 313 g/mol. The van der Waals surface area contributed by atoms with Crippen LogP contribution in [0.25, 0.3) is 0 Å². The minimum atomic E-state index is -2.99. The Bertz CT molecular complexity index is 551. The molecule has 0 bridgehead atoms. The van der Waals surface area contributed by atoms with Crippen LogP contribution in [0, 0.1) is 0 Å². The van der Waals surface area contributed by atoms with Crippen molar-refractivity contribution < 1.29 is 13.2 Å². The number of sulfone groups is 1. The summed E-state index contributed by atoms with van der Waals surface area (Å²) in [5.41, 5.74) is 1.19. The van der Waals surface area contributed by atoms with E-state index in [1.54, 1.807) is 23.6 Å². The van der Waals surface area contributed by atoms with E-state index in [0.29, 0.717) is 18.8 Å². The summed E-state index contributed by atoms with van der Waals surface area (Å²) in [5.74, 6) is 1.40. The summed E-state index contributed by atoms with van der Waals surface area (Å²) in [6.45, 7) is 2.37. The van der Waals surface area contributed by atoms with Gasteiger partial charge in [-0.25, -0.2) is 8.42 Å². The maximum absolute atomic E-state index is 11.9. The molecule has 0 N–H and O–H groups in total. The normalized spacial score (nSPS) is 15.9. The van der Waals surface area contributed by atoms with Crippen LogP contribution < -0.4 is 0 Å². The van der Waals surface area contributed by atoms with Crippen molar-refractivity contribution in [3.63, 3.8) is 0 Å². The van der Waals surface area contributed by atoms with Crippen molar-refractivity contribution in [3.05, 3.63) is 35.9 Å². The van der Waals surface area contributed by atoms with Gasteiger partial charge in [0.05, 0.1) is 11.0 Å². The first-order chi connectivity index (χ1) is 9.53. The van der Waals surface area contributed by atoms with E-state index in [2.05, 4.69) is 0 Å². The second-order valence-electron chi connectivity index (χ2n) is 4.85. The number of thioether (sulfide) groups is 1. The fourth-order valence-corrected chi connectivity index (χ4v) is 4.20. The van der Waals surface area contributed by atoms with Crippen LogP contribution in [0.1, 0.15) is 12.5 Å². The van der Waals surface area contributed by atoms with Crippen molar-refractivity contribution in [2.75, 3.05) is 24.6 Å². The van der Waals surface area contributed by atoms with Crippen LogP contribution in [0.15, 0.2) is 30.3 Å². The molecule has 2 rings (SSSR count). The predicted molar refractivity (Wildman–Crippen MR) is 82.4 cm³/mol. The van der Waals surface area contributed by atoms with Crippen molar-refractivity contribution in [2.45, 2.75) is 17.9 Å². The maximum Gasteiger partial charge on any atom is 0.232 e. The highest BCUT2D eigenvalue weighted by atomic mass is 32.2. The van der Waals surface area contributed by atoms with E-state index in [9.17, 15) is 13.2 Å². The zero-order valence-electron chi connectivity index (χ0n) is 11.5. The Kier molecular flexibility index (Phi) is 5.10. The third-order valence-corrected chi connectivity index (χ3v) is 6.56. The van der Waals surface area contributed by atoms with Gasteiger partial charge in [-0.05, 0) is 5.56 Å². The molecule has 0 saturated carbocycles. The molecule has 0 atom stereocenters. The minimum Gasteiger partial charge on any atom is -0.339 e. The first kappa shape index (κ1) is 15.4. The molecule has 4 nitrogen and oxygen atoms in total. The molecule has 1 fully saturated rings. The fourth-order valence-electron chi connectivity index (χ4n) is 2.03. The smallest absolute Gasteiger partial charge is 0.232 e. The standard InChI is InChI=1S/C14H19NO3S2/c1-2-20(17,18)13-8-15(9-13)14(16)11-19-10-12-6-4-3-5-7-12/h3-7,13H,2,8-11H2,1H3. The van der Waals surface area contributed by atoms with Crippen LogP contribution in [0.4, 0.5) is 0 Å². The monoisotopic (exact) mass is 313 g/mol. The molecule has 0 aromatic heterocycles.